The molecule has 1 heterocycles. The normalized spacial score (nSPS) is 28.5. The highest BCUT2D eigenvalue weighted by molar-refractivity contribution is 5.75. The lowest BCUT2D eigenvalue weighted by atomic mass is 9.93. The average molecular weight is 187 g/mol. The zero-order chi connectivity index (χ0) is 9.68. The van der Waals surface area contributed by atoms with E-state index in [1.165, 1.54) is 0 Å². The van der Waals surface area contributed by atoms with Crippen molar-refractivity contribution >= 4 is 5.97 Å². The van der Waals surface area contributed by atoms with Crippen LogP contribution >= 0.6 is 0 Å². The minimum absolute atomic E-state index is 0.164. The molecule has 0 spiro atoms. The smallest absolute Gasteiger partial charge is 0.323 e. The molecule has 2 atom stereocenters. The molecule has 4 heteroatoms. The molecule has 1 saturated heterocycles. The monoisotopic (exact) mass is 187 g/mol. The van der Waals surface area contributed by atoms with E-state index in [9.17, 15) is 4.79 Å². The second kappa shape index (κ2) is 5.19. The highest BCUT2D eigenvalue weighted by Crippen LogP contribution is 2.15. The van der Waals surface area contributed by atoms with E-state index in [1.807, 2.05) is 0 Å². The van der Waals surface area contributed by atoms with Crippen LogP contribution in [0.1, 0.15) is 19.8 Å². The van der Waals surface area contributed by atoms with E-state index in [1.54, 1.807) is 6.92 Å². The molecule has 0 saturated carbocycles. The lowest BCUT2D eigenvalue weighted by Crippen LogP contribution is -2.45. The summed E-state index contributed by atoms with van der Waals surface area (Å²) in [5, 5.41) is 12.0. The van der Waals surface area contributed by atoms with Gasteiger partial charge >= 0.3 is 5.97 Å². The molecule has 0 aromatic carbocycles. The van der Waals surface area contributed by atoms with Crippen molar-refractivity contribution in [3.05, 3.63) is 0 Å². The third-order valence-electron chi connectivity index (χ3n) is 2.34. The summed E-state index contributed by atoms with van der Waals surface area (Å²) in [7, 11) is 0. The van der Waals surface area contributed by atoms with Crippen LogP contribution in [-0.4, -0.2) is 36.9 Å². The van der Waals surface area contributed by atoms with Crippen molar-refractivity contribution in [1.29, 1.82) is 0 Å². The second-order valence-corrected chi connectivity index (χ2v) is 3.33. The Bertz CT molecular complexity index is 172. The summed E-state index contributed by atoms with van der Waals surface area (Å²) in [4.78, 5) is 11.3. The summed E-state index contributed by atoms with van der Waals surface area (Å²) >= 11 is 0. The highest BCUT2D eigenvalue weighted by atomic mass is 16.5. The Balaban J connectivity index is 2.37. The summed E-state index contributed by atoms with van der Waals surface area (Å²) in [6.45, 7) is 3.16. The molecule has 0 aromatic heterocycles. The minimum Gasteiger partial charge on any atom is -0.465 e. The maximum Gasteiger partial charge on any atom is 0.323 e. The summed E-state index contributed by atoms with van der Waals surface area (Å²) in [5.74, 6) is 0.0521. The number of rotatable bonds is 3. The Morgan fingerprint density at radius 3 is 3.08 bits per heavy atom. The third kappa shape index (κ3) is 2.97. The van der Waals surface area contributed by atoms with E-state index in [2.05, 4.69) is 5.32 Å². The SMILES string of the molecule is CCOC(=O)[C@H]1C[C@H](CO)CCN1. The van der Waals surface area contributed by atoms with Crippen molar-refractivity contribution in [3.8, 4) is 0 Å². The van der Waals surface area contributed by atoms with Crippen molar-refractivity contribution in [2.75, 3.05) is 19.8 Å². The number of carbonyl (C=O) groups is 1. The Hall–Kier alpha value is -0.610. The molecule has 0 aliphatic carbocycles. The molecule has 0 bridgehead atoms. The molecule has 2 N–H and O–H groups in total. The Morgan fingerprint density at radius 1 is 1.69 bits per heavy atom. The first-order chi connectivity index (χ1) is 6.27. The van der Waals surface area contributed by atoms with E-state index in [4.69, 9.17) is 9.84 Å². The summed E-state index contributed by atoms with van der Waals surface area (Å²) in [6, 6.07) is -0.217. The topological polar surface area (TPSA) is 58.6 Å². The minimum atomic E-state index is -0.217. The van der Waals surface area contributed by atoms with Crippen molar-refractivity contribution in [3.63, 3.8) is 0 Å². The molecule has 1 fully saturated rings. The standard InChI is InChI=1S/C9H17NO3/c1-2-13-9(12)8-5-7(6-11)3-4-10-8/h7-8,10-11H,2-6H2,1H3/t7-,8-/m1/s1. The van der Waals surface area contributed by atoms with Crippen LogP contribution in [0.4, 0.5) is 0 Å². The average Bonchev–Trinajstić information content (AvgIpc) is 2.18. The molecule has 0 amide bonds. The zero-order valence-electron chi connectivity index (χ0n) is 7.95. The zero-order valence-corrected chi connectivity index (χ0v) is 7.95. The predicted octanol–water partition coefficient (Wildman–Crippen LogP) is -0.0900. The Labute approximate surface area is 78.3 Å². The first-order valence-electron chi connectivity index (χ1n) is 4.78. The van der Waals surface area contributed by atoms with Gasteiger partial charge in [0.05, 0.1) is 6.61 Å². The molecule has 13 heavy (non-hydrogen) atoms. The second-order valence-electron chi connectivity index (χ2n) is 3.33. The predicted molar refractivity (Wildman–Crippen MR) is 48.2 cm³/mol. The van der Waals surface area contributed by atoms with E-state index < -0.39 is 0 Å². The van der Waals surface area contributed by atoms with E-state index in [0.717, 1.165) is 13.0 Å². The number of carbonyl (C=O) groups excluding carboxylic acids is 1. The first kappa shape index (κ1) is 10.5. The molecule has 1 aliphatic rings. The molecule has 76 valence electrons. The number of piperidine rings is 1. The molecule has 0 aromatic rings. The van der Waals surface area contributed by atoms with Gasteiger partial charge in [-0.05, 0) is 32.2 Å². The molecular weight excluding hydrogens is 170 g/mol. The van der Waals surface area contributed by atoms with Gasteiger partial charge in [-0.2, -0.15) is 0 Å². The fraction of sp³-hybridized carbons (Fsp3) is 0.889. The lowest BCUT2D eigenvalue weighted by Gasteiger charge is -2.27. The third-order valence-corrected chi connectivity index (χ3v) is 2.34. The fourth-order valence-corrected chi connectivity index (χ4v) is 1.58. The summed E-state index contributed by atoms with van der Waals surface area (Å²) in [5.41, 5.74) is 0. The van der Waals surface area contributed by atoms with Gasteiger partial charge in [0.1, 0.15) is 6.04 Å². The molecule has 1 aliphatic heterocycles. The number of ether oxygens (including phenoxy) is 1. The number of esters is 1. The molecule has 1 rings (SSSR count). The van der Waals surface area contributed by atoms with Gasteiger partial charge in [0.2, 0.25) is 0 Å². The summed E-state index contributed by atoms with van der Waals surface area (Å²) < 4.78 is 4.89. The molecule has 0 radical (unpaired) electrons. The molecule has 0 unspecified atom stereocenters. The van der Waals surface area contributed by atoms with Gasteiger partial charge in [-0.25, -0.2) is 0 Å². The van der Waals surface area contributed by atoms with E-state index >= 15 is 0 Å². The van der Waals surface area contributed by atoms with E-state index in [0.29, 0.717) is 13.0 Å². The van der Waals surface area contributed by atoms with Gasteiger partial charge < -0.3 is 15.2 Å². The molecular formula is C9H17NO3. The van der Waals surface area contributed by atoms with Gasteiger partial charge in [0.25, 0.3) is 0 Å². The quantitative estimate of drug-likeness (QED) is 0.606. The molecule has 4 nitrogen and oxygen atoms in total. The fourth-order valence-electron chi connectivity index (χ4n) is 1.58. The van der Waals surface area contributed by atoms with Gasteiger partial charge in [0.15, 0.2) is 0 Å². The maximum absolute atomic E-state index is 11.3. The highest BCUT2D eigenvalue weighted by Gasteiger charge is 2.27. The van der Waals surface area contributed by atoms with E-state index in [-0.39, 0.29) is 24.5 Å². The number of nitrogens with one attached hydrogen (secondary N) is 1. The van der Waals surface area contributed by atoms with Crippen LogP contribution in [0.3, 0.4) is 0 Å². The Kier molecular flexibility index (Phi) is 4.18. The lowest BCUT2D eigenvalue weighted by molar-refractivity contribution is -0.146. The van der Waals surface area contributed by atoms with Crippen molar-refractivity contribution in [2.45, 2.75) is 25.8 Å². The summed E-state index contributed by atoms with van der Waals surface area (Å²) in [6.07, 6.45) is 1.63. The largest absolute Gasteiger partial charge is 0.465 e. The van der Waals surface area contributed by atoms with Crippen LogP contribution in [0.15, 0.2) is 0 Å². The van der Waals surface area contributed by atoms with Gasteiger partial charge in [-0.1, -0.05) is 0 Å². The number of hydrogen-bond donors (Lipinski definition) is 2. The van der Waals surface area contributed by atoms with Crippen LogP contribution in [0.5, 0.6) is 0 Å². The van der Waals surface area contributed by atoms with Crippen LogP contribution < -0.4 is 5.32 Å². The van der Waals surface area contributed by atoms with Crippen molar-refractivity contribution in [1.82, 2.24) is 5.32 Å². The Morgan fingerprint density at radius 2 is 2.46 bits per heavy atom. The first-order valence-corrected chi connectivity index (χ1v) is 4.78. The van der Waals surface area contributed by atoms with Crippen LogP contribution in [0.2, 0.25) is 0 Å². The number of aliphatic hydroxyl groups excluding tert-OH is 1. The van der Waals surface area contributed by atoms with Crippen molar-refractivity contribution < 1.29 is 14.6 Å². The van der Waals surface area contributed by atoms with Crippen LogP contribution in [0, 0.1) is 5.92 Å². The maximum atomic E-state index is 11.3. The number of hydrogen-bond acceptors (Lipinski definition) is 4. The van der Waals surface area contributed by atoms with Crippen LogP contribution in [-0.2, 0) is 9.53 Å². The van der Waals surface area contributed by atoms with Crippen molar-refractivity contribution in [2.24, 2.45) is 5.92 Å². The number of aliphatic hydroxyl groups is 1. The van der Waals surface area contributed by atoms with Crippen LogP contribution in [0.25, 0.3) is 0 Å². The van der Waals surface area contributed by atoms with Gasteiger partial charge in [-0.15, -0.1) is 0 Å². The van der Waals surface area contributed by atoms with Gasteiger partial charge in [-0.3, -0.25) is 4.79 Å². The van der Waals surface area contributed by atoms with Gasteiger partial charge in [0, 0.05) is 6.61 Å².